The van der Waals surface area contributed by atoms with Crippen molar-refractivity contribution < 1.29 is 9.13 Å². The van der Waals surface area contributed by atoms with Gasteiger partial charge in [-0.25, -0.2) is 4.39 Å². The molecule has 16 heavy (non-hydrogen) atoms. The first-order valence-electron chi connectivity index (χ1n) is 5.67. The molecule has 2 atom stereocenters. The van der Waals surface area contributed by atoms with Gasteiger partial charge >= 0.3 is 0 Å². The summed E-state index contributed by atoms with van der Waals surface area (Å²) in [4.78, 5) is 0. The van der Waals surface area contributed by atoms with Crippen LogP contribution in [-0.4, -0.2) is 7.11 Å². The summed E-state index contributed by atoms with van der Waals surface area (Å²) in [6, 6.07) is 4.77. The molecule has 0 aliphatic heterocycles. The van der Waals surface area contributed by atoms with E-state index in [0.29, 0.717) is 5.92 Å². The minimum absolute atomic E-state index is 0.0514. The summed E-state index contributed by atoms with van der Waals surface area (Å²) in [7, 11) is 1.46. The Balaban J connectivity index is 2.79. The first-order chi connectivity index (χ1) is 7.58. The molecule has 3 heteroatoms. The standard InChI is InChI=1S/C13H20FNO/c1-4-9(2)7-12(15)10-5-6-11(14)13(8-10)16-3/h5-6,8-9,12H,4,7,15H2,1-3H3. The molecule has 90 valence electrons. The molecule has 0 aromatic heterocycles. The topological polar surface area (TPSA) is 35.2 Å². The third-order valence-corrected chi connectivity index (χ3v) is 2.96. The van der Waals surface area contributed by atoms with E-state index >= 15 is 0 Å². The fraction of sp³-hybridized carbons (Fsp3) is 0.538. The van der Waals surface area contributed by atoms with E-state index in [4.69, 9.17) is 10.5 Å². The van der Waals surface area contributed by atoms with Crippen molar-refractivity contribution in [2.24, 2.45) is 11.7 Å². The fourth-order valence-electron chi connectivity index (χ4n) is 1.64. The van der Waals surface area contributed by atoms with Crippen LogP contribution in [0, 0.1) is 11.7 Å². The summed E-state index contributed by atoms with van der Waals surface area (Å²) < 4.78 is 18.1. The highest BCUT2D eigenvalue weighted by Crippen LogP contribution is 2.25. The zero-order valence-corrected chi connectivity index (χ0v) is 10.2. The Kier molecular flexibility index (Phi) is 4.74. The van der Waals surface area contributed by atoms with Crippen LogP contribution in [0.25, 0.3) is 0 Å². The van der Waals surface area contributed by atoms with Crippen LogP contribution in [0.5, 0.6) is 5.75 Å². The Morgan fingerprint density at radius 2 is 2.12 bits per heavy atom. The second-order valence-electron chi connectivity index (χ2n) is 4.25. The van der Waals surface area contributed by atoms with Crippen molar-refractivity contribution in [3.63, 3.8) is 0 Å². The lowest BCUT2D eigenvalue weighted by Gasteiger charge is -2.17. The molecule has 2 nitrogen and oxygen atoms in total. The lowest BCUT2D eigenvalue weighted by atomic mass is 9.95. The van der Waals surface area contributed by atoms with Gasteiger partial charge in [-0.3, -0.25) is 0 Å². The molecule has 2 unspecified atom stereocenters. The number of hydrogen-bond acceptors (Lipinski definition) is 2. The molecule has 0 saturated heterocycles. The number of methoxy groups -OCH3 is 1. The van der Waals surface area contributed by atoms with Crippen LogP contribution in [0.1, 0.15) is 38.3 Å². The lowest BCUT2D eigenvalue weighted by molar-refractivity contribution is 0.384. The third kappa shape index (κ3) is 3.20. The van der Waals surface area contributed by atoms with Gasteiger partial charge in [-0.2, -0.15) is 0 Å². The minimum Gasteiger partial charge on any atom is -0.494 e. The molecule has 0 radical (unpaired) electrons. The van der Waals surface area contributed by atoms with E-state index in [9.17, 15) is 4.39 Å². The molecule has 0 heterocycles. The van der Waals surface area contributed by atoms with Gasteiger partial charge in [-0.05, 0) is 30.0 Å². The van der Waals surface area contributed by atoms with E-state index in [1.54, 1.807) is 12.1 Å². The van der Waals surface area contributed by atoms with Gasteiger partial charge in [0.2, 0.25) is 0 Å². The van der Waals surface area contributed by atoms with Crippen molar-refractivity contribution in [2.75, 3.05) is 7.11 Å². The van der Waals surface area contributed by atoms with E-state index < -0.39 is 0 Å². The highest BCUT2D eigenvalue weighted by atomic mass is 19.1. The molecule has 0 aliphatic rings. The molecule has 0 aliphatic carbocycles. The zero-order valence-electron chi connectivity index (χ0n) is 10.2. The summed E-state index contributed by atoms with van der Waals surface area (Å²) in [6.07, 6.45) is 2.01. The van der Waals surface area contributed by atoms with Crippen molar-refractivity contribution >= 4 is 0 Å². The highest BCUT2D eigenvalue weighted by molar-refractivity contribution is 5.32. The van der Waals surface area contributed by atoms with Crippen molar-refractivity contribution in [1.82, 2.24) is 0 Å². The summed E-state index contributed by atoms with van der Waals surface area (Å²) in [6.45, 7) is 4.31. The summed E-state index contributed by atoms with van der Waals surface area (Å²) in [5.74, 6) is 0.491. The smallest absolute Gasteiger partial charge is 0.165 e. The van der Waals surface area contributed by atoms with Gasteiger partial charge in [0, 0.05) is 6.04 Å². The van der Waals surface area contributed by atoms with Crippen LogP contribution < -0.4 is 10.5 Å². The predicted octanol–water partition coefficient (Wildman–Crippen LogP) is 3.27. The molecule has 0 saturated carbocycles. The van der Waals surface area contributed by atoms with Gasteiger partial charge in [0.05, 0.1) is 7.11 Å². The van der Waals surface area contributed by atoms with E-state index in [0.717, 1.165) is 18.4 Å². The first kappa shape index (κ1) is 13.0. The number of ether oxygens (including phenoxy) is 1. The Morgan fingerprint density at radius 3 is 2.69 bits per heavy atom. The Hall–Kier alpha value is -1.09. The quantitative estimate of drug-likeness (QED) is 0.834. The van der Waals surface area contributed by atoms with E-state index in [1.165, 1.54) is 13.2 Å². The normalized spacial score (nSPS) is 14.6. The van der Waals surface area contributed by atoms with Crippen LogP contribution in [0.15, 0.2) is 18.2 Å². The molecule has 1 aromatic carbocycles. The van der Waals surface area contributed by atoms with E-state index in [1.807, 2.05) is 0 Å². The van der Waals surface area contributed by atoms with Crippen LogP contribution in [-0.2, 0) is 0 Å². The number of rotatable bonds is 5. The van der Waals surface area contributed by atoms with E-state index in [-0.39, 0.29) is 17.6 Å². The van der Waals surface area contributed by atoms with Crippen molar-refractivity contribution in [3.05, 3.63) is 29.6 Å². The summed E-state index contributed by atoms with van der Waals surface area (Å²) in [5.41, 5.74) is 7.00. The number of hydrogen-bond donors (Lipinski definition) is 1. The molecule has 1 rings (SSSR count). The molecule has 1 aromatic rings. The van der Waals surface area contributed by atoms with E-state index in [2.05, 4.69) is 13.8 Å². The molecule has 0 amide bonds. The minimum atomic E-state index is -0.345. The lowest BCUT2D eigenvalue weighted by Crippen LogP contribution is -2.14. The molecule has 0 bridgehead atoms. The zero-order chi connectivity index (χ0) is 12.1. The fourth-order valence-corrected chi connectivity index (χ4v) is 1.64. The predicted molar refractivity (Wildman–Crippen MR) is 64.0 cm³/mol. The molecule has 0 fully saturated rings. The second-order valence-corrected chi connectivity index (χ2v) is 4.25. The van der Waals surface area contributed by atoms with Gasteiger partial charge in [0.15, 0.2) is 11.6 Å². The first-order valence-corrected chi connectivity index (χ1v) is 5.67. The van der Waals surface area contributed by atoms with Gasteiger partial charge in [0.25, 0.3) is 0 Å². The molecular formula is C13H20FNO. The molecular weight excluding hydrogens is 205 g/mol. The second kappa shape index (κ2) is 5.85. The van der Waals surface area contributed by atoms with Crippen molar-refractivity contribution in [1.29, 1.82) is 0 Å². The van der Waals surface area contributed by atoms with Gasteiger partial charge in [-0.15, -0.1) is 0 Å². The monoisotopic (exact) mass is 225 g/mol. The summed E-state index contributed by atoms with van der Waals surface area (Å²) >= 11 is 0. The maximum absolute atomic E-state index is 13.2. The number of benzene rings is 1. The van der Waals surface area contributed by atoms with Crippen LogP contribution in [0.4, 0.5) is 4.39 Å². The Labute approximate surface area is 96.6 Å². The number of halogens is 1. The maximum Gasteiger partial charge on any atom is 0.165 e. The highest BCUT2D eigenvalue weighted by Gasteiger charge is 2.12. The molecule has 2 N–H and O–H groups in total. The average Bonchev–Trinajstić information content (AvgIpc) is 2.29. The van der Waals surface area contributed by atoms with Gasteiger partial charge in [0.1, 0.15) is 0 Å². The molecule has 0 spiro atoms. The van der Waals surface area contributed by atoms with Crippen molar-refractivity contribution in [3.8, 4) is 5.75 Å². The largest absolute Gasteiger partial charge is 0.494 e. The van der Waals surface area contributed by atoms with Crippen LogP contribution in [0.2, 0.25) is 0 Å². The Bertz CT molecular complexity index is 341. The van der Waals surface area contributed by atoms with Gasteiger partial charge < -0.3 is 10.5 Å². The van der Waals surface area contributed by atoms with Gasteiger partial charge in [-0.1, -0.05) is 26.3 Å². The maximum atomic E-state index is 13.2. The average molecular weight is 225 g/mol. The van der Waals surface area contributed by atoms with Crippen LogP contribution in [0.3, 0.4) is 0 Å². The van der Waals surface area contributed by atoms with Crippen LogP contribution >= 0.6 is 0 Å². The Morgan fingerprint density at radius 1 is 1.44 bits per heavy atom. The summed E-state index contributed by atoms with van der Waals surface area (Å²) in [5, 5.41) is 0. The third-order valence-electron chi connectivity index (χ3n) is 2.96. The number of nitrogens with two attached hydrogens (primary N) is 1. The SMILES string of the molecule is CCC(C)CC(N)c1ccc(F)c(OC)c1. The van der Waals surface area contributed by atoms with Crippen molar-refractivity contribution in [2.45, 2.75) is 32.7 Å².